The fraction of sp³-hybridized carbons (Fsp3) is 1.00. The van der Waals surface area contributed by atoms with Gasteiger partial charge in [0.2, 0.25) is 0 Å². The van der Waals surface area contributed by atoms with E-state index in [1.165, 1.54) is 31.0 Å². The highest BCUT2D eigenvalue weighted by atomic mass is 28.3. The molecule has 4 heteroatoms. The van der Waals surface area contributed by atoms with Gasteiger partial charge in [-0.1, -0.05) is 34.6 Å². The molecule has 0 N–H and O–H groups in total. The first-order chi connectivity index (χ1) is 7.76. The lowest BCUT2D eigenvalue weighted by molar-refractivity contribution is 0.319. The van der Waals surface area contributed by atoms with Gasteiger partial charge in [0.15, 0.2) is 18.8 Å². The lowest BCUT2D eigenvalue weighted by atomic mass is 10.5. The molecule has 0 aromatic carbocycles. The Kier molecular flexibility index (Phi) is 20.7. The molecule has 0 aromatic rings. The van der Waals surface area contributed by atoms with Gasteiger partial charge in [0.05, 0.1) is 0 Å². The summed E-state index contributed by atoms with van der Waals surface area (Å²) in [7, 11) is -0.799. The number of rotatable bonds is 9. The van der Waals surface area contributed by atoms with Crippen molar-refractivity contribution in [3.8, 4) is 0 Å². The smallest absolute Gasteiger partial charge is 0.176 e. The largest absolute Gasteiger partial charge is 0.424 e. The van der Waals surface area contributed by atoms with Gasteiger partial charge in [-0.05, 0) is 31.0 Å². The van der Waals surface area contributed by atoms with Gasteiger partial charge < -0.3 is 8.85 Å². The van der Waals surface area contributed by atoms with Crippen LogP contribution in [0.4, 0.5) is 0 Å². The van der Waals surface area contributed by atoms with Crippen molar-refractivity contribution in [3.63, 3.8) is 0 Å². The predicted octanol–water partition coefficient (Wildman–Crippen LogP) is 3.11. The average Bonchev–Trinajstić information content (AvgIpc) is 2.32. The van der Waals surface area contributed by atoms with E-state index >= 15 is 0 Å². The monoisotopic (exact) mass is 264 g/mol. The van der Waals surface area contributed by atoms with Crippen molar-refractivity contribution in [2.45, 2.75) is 65.6 Å². The van der Waals surface area contributed by atoms with Crippen molar-refractivity contribution in [2.75, 3.05) is 13.2 Å². The van der Waals surface area contributed by atoms with Crippen molar-refractivity contribution in [3.05, 3.63) is 0 Å². The molecule has 0 aliphatic rings. The molecule has 0 saturated heterocycles. The molecular weight excluding hydrogens is 232 g/mol. The average molecular weight is 265 g/mol. The Bertz CT molecular complexity index is 105. The zero-order chi connectivity index (χ0) is 12.6. The van der Waals surface area contributed by atoms with Crippen molar-refractivity contribution in [1.29, 1.82) is 0 Å². The molecule has 0 saturated carbocycles. The summed E-state index contributed by atoms with van der Waals surface area (Å²) >= 11 is 0. The zero-order valence-corrected chi connectivity index (χ0v) is 14.6. The Morgan fingerprint density at radius 2 is 1.44 bits per heavy atom. The maximum atomic E-state index is 5.63. The molecule has 0 heterocycles. The van der Waals surface area contributed by atoms with Gasteiger partial charge >= 0.3 is 0 Å². The van der Waals surface area contributed by atoms with E-state index in [4.69, 9.17) is 8.85 Å². The highest BCUT2D eigenvalue weighted by Gasteiger charge is 2.03. The third-order valence-corrected chi connectivity index (χ3v) is 5.68. The topological polar surface area (TPSA) is 18.5 Å². The SMILES string of the molecule is CCCO[SiH2]CC.CCCO[SiH](CC)CC. The molecule has 0 aliphatic heterocycles. The predicted molar refractivity (Wildman–Crippen MR) is 79.6 cm³/mol. The van der Waals surface area contributed by atoms with Crippen LogP contribution in [-0.2, 0) is 8.85 Å². The Labute approximate surface area is 107 Å². The second kappa shape index (κ2) is 17.7. The Morgan fingerprint density at radius 3 is 1.81 bits per heavy atom. The maximum Gasteiger partial charge on any atom is 0.176 e. The van der Waals surface area contributed by atoms with Gasteiger partial charge in [-0.3, -0.25) is 0 Å². The van der Waals surface area contributed by atoms with Crippen LogP contribution in [0.25, 0.3) is 0 Å². The standard InChI is InChI=1S/C7H18OSi.C5H14OSi/c1-4-7-8-9(5-2)6-3;1-3-5-6-7-4-2/h9H,4-7H2,1-3H3;3-5,7H2,1-2H3. The van der Waals surface area contributed by atoms with Crippen LogP contribution in [0.3, 0.4) is 0 Å². The van der Waals surface area contributed by atoms with Crippen LogP contribution in [-0.4, -0.2) is 32.0 Å². The lowest BCUT2D eigenvalue weighted by Gasteiger charge is -2.10. The van der Waals surface area contributed by atoms with E-state index in [9.17, 15) is 0 Å². The fourth-order valence-electron chi connectivity index (χ4n) is 1.20. The third kappa shape index (κ3) is 16.8. The molecule has 0 aliphatic carbocycles. The fourth-order valence-corrected chi connectivity index (χ4v) is 3.60. The summed E-state index contributed by atoms with van der Waals surface area (Å²) in [4.78, 5) is 0. The van der Waals surface area contributed by atoms with E-state index in [1.807, 2.05) is 0 Å². The molecule has 2 nitrogen and oxygen atoms in total. The second-order valence-electron chi connectivity index (χ2n) is 3.92. The molecule has 0 radical (unpaired) electrons. The van der Waals surface area contributed by atoms with Crippen LogP contribution < -0.4 is 0 Å². The number of hydrogen-bond donors (Lipinski definition) is 0. The van der Waals surface area contributed by atoms with E-state index < -0.39 is 9.04 Å². The Balaban J connectivity index is 0. The third-order valence-electron chi connectivity index (χ3n) is 2.17. The van der Waals surface area contributed by atoms with Crippen molar-refractivity contribution in [1.82, 2.24) is 0 Å². The molecule has 0 aromatic heterocycles. The van der Waals surface area contributed by atoms with Crippen molar-refractivity contribution < 1.29 is 8.85 Å². The highest BCUT2D eigenvalue weighted by Crippen LogP contribution is 1.99. The molecule has 0 bridgehead atoms. The first-order valence-electron chi connectivity index (χ1n) is 6.95. The van der Waals surface area contributed by atoms with E-state index in [2.05, 4.69) is 34.6 Å². The number of hydrogen-bond acceptors (Lipinski definition) is 2. The first kappa shape index (κ1) is 18.7. The van der Waals surface area contributed by atoms with Gasteiger partial charge in [0.1, 0.15) is 0 Å². The summed E-state index contributed by atoms with van der Waals surface area (Å²) in [6, 6.07) is 3.85. The van der Waals surface area contributed by atoms with Gasteiger partial charge in [-0.2, -0.15) is 0 Å². The minimum absolute atomic E-state index is 0.0893. The minimum Gasteiger partial charge on any atom is -0.424 e. The molecular formula is C12H32O2Si2. The summed E-state index contributed by atoms with van der Waals surface area (Å²) < 4.78 is 10.9. The Hall–Kier alpha value is 0.354. The second-order valence-corrected chi connectivity index (χ2v) is 8.95. The minimum atomic E-state index is -0.710. The molecule has 0 fully saturated rings. The van der Waals surface area contributed by atoms with E-state index in [1.54, 1.807) is 0 Å². The molecule has 0 atom stereocenters. The molecule has 0 amide bonds. The van der Waals surface area contributed by atoms with Crippen LogP contribution >= 0.6 is 0 Å². The van der Waals surface area contributed by atoms with Crippen LogP contribution in [0.2, 0.25) is 18.1 Å². The van der Waals surface area contributed by atoms with Gasteiger partial charge in [-0.15, -0.1) is 0 Å². The molecule has 100 valence electrons. The first-order valence-corrected chi connectivity index (χ1v) is 10.6. The van der Waals surface area contributed by atoms with E-state index in [0.29, 0.717) is 0 Å². The summed E-state index contributed by atoms with van der Waals surface area (Å²) in [6.07, 6.45) is 2.34. The highest BCUT2D eigenvalue weighted by molar-refractivity contribution is 6.51. The molecule has 0 spiro atoms. The molecule has 0 unspecified atom stereocenters. The van der Waals surface area contributed by atoms with Crippen molar-refractivity contribution >= 4 is 18.8 Å². The zero-order valence-electron chi connectivity index (χ0n) is 12.1. The summed E-state index contributed by atoms with van der Waals surface area (Å²) in [5.41, 5.74) is 0. The van der Waals surface area contributed by atoms with E-state index in [0.717, 1.165) is 13.2 Å². The van der Waals surface area contributed by atoms with Gasteiger partial charge in [-0.25, -0.2) is 0 Å². The molecule has 16 heavy (non-hydrogen) atoms. The van der Waals surface area contributed by atoms with Gasteiger partial charge in [0, 0.05) is 13.2 Å². The van der Waals surface area contributed by atoms with Crippen molar-refractivity contribution in [2.24, 2.45) is 0 Å². The van der Waals surface area contributed by atoms with E-state index in [-0.39, 0.29) is 9.76 Å². The molecule has 0 rings (SSSR count). The van der Waals surface area contributed by atoms with Crippen LogP contribution in [0, 0.1) is 0 Å². The maximum absolute atomic E-state index is 5.63. The normalized spacial score (nSPS) is 10.9. The summed E-state index contributed by atoms with van der Waals surface area (Å²) in [5, 5.41) is 0. The van der Waals surface area contributed by atoms with Gasteiger partial charge in [0.25, 0.3) is 0 Å². The lowest BCUT2D eigenvalue weighted by Crippen LogP contribution is -2.15. The van der Waals surface area contributed by atoms with Crippen LogP contribution in [0.1, 0.15) is 47.5 Å². The quantitative estimate of drug-likeness (QED) is 0.471. The van der Waals surface area contributed by atoms with Crippen LogP contribution in [0.15, 0.2) is 0 Å². The summed E-state index contributed by atoms with van der Waals surface area (Å²) in [5.74, 6) is 0. The van der Waals surface area contributed by atoms with Crippen LogP contribution in [0.5, 0.6) is 0 Å². The summed E-state index contributed by atoms with van der Waals surface area (Å²) in [6.45, 7) is 12.9. The Morgan fingerprint density at radius 1 is 0.875 bits per heavy atom.